The van der Waals surface area contributed by atoms with Crippen LogP contribution in [0.3, 0.4) is 0 Å². The van der Waals surface area contributed by atoms with E-state index in [1.807, 2.05) is 18.2 Å². The number of carbonyl (C=O) groups is 1. The standard InChI is InChI=1S/C17H17BrO3/c1-20-16-12-14(8-9-15(16)21-11-5-10-18)17(19)13-6-3-2-4-7-13/h2-4,6-9,12H,5,10-11H2,1H3. The monoisotopic (exact) mass is 348 g/mol. The lowest BCUT2D eigenvalue weighted by Gasteiger charge is -2.11. The Morgan fingerprint density at radius 3 is 2.48 bits per heavy atom. The Morgan fingerprint density at radius 2 is 1.81 bits per heavy atom. The van der Waals surface area contributed by atoms with E-state index in [1.165, 1.54) is 0 Å². The van der Waals surface area contributed by atoms with Gasteiger partial charge in [0.1, 0.15) is 0 Å². The number of rotatable bonds is 7. The topological polar surface area (TPSA) is 35.5 Å². The summed E-state index contributed by atoms with van der Waals surface area (Å²) in [5, 5.41) is 0.889. The molecule has 2 rings (SSSR count). The van der Waals surface area contributed by atoms with Crippen molar-refractivity contribution in [2.45, 2.75) is 6.42 Å². The number of methoxy groups -OCH3 is 1. The van der Waals surface area contributed by atoms with Gasteiger partial charge in [0.15, 0.2) is 17.3 Å². The quantitative estimate of drug-likeness (QED) is 0.429. The minimum Gasteiger partial charge on any atom is -0.493 e. The summed E-state index contributed by atoms with van der Waals surface area (Å²) in [5.41, 5.74) is 1.25. The van der Waals surface area contributed by atoms with Crippen molar-refractivity contribution in [3.8, 4) is 11.5 Å². The fraction of sp³-hybridized carbons (Fsp3) is 0.235. The molecule has 0 amide bonds. The van der Waals surface area contributed by atoms with Crippen LogP contribution >= 0.6 is 15.9 Å². The van der Waals surface area contributed by atoms with Crippen LogP contribution in [0.5, 0.6) is 11.5 Å². The third-order valence-corrected chi connectivity index (χ3v) is 3.56. The molecule has 0 aromatic heterocycles. The van der Waals surface area contributed by atoms with Gasteiger partial charge in [-0.2, -0.15) is 0 Å². The molecule has 0 fully saturated rings. The van der Waals surface area contributed by atoms with Gasteiger partial charge in [0.2, 0.25) is 0 Å². The SMILES string of the molecule is COc1cc(C(=O)c2ccccc2)ccc1OCCCBr. The minimum atomic E-state index is -0.0269. The van der Waals surface area contributed by atoms with Gasteiger partial charge in [-0.15, -0.1) is 0 Å². The molecule has 0 N–H and O–H groups in total. The van der Waals surface area contributed by atoms with Crippen LogP contribution in [0.4, 0.5) is 0 Å². The summed E-state index contributed by atoms with van der Waals surface area (Å²) in [6.07, 6.45) is 0.911. The van der Waals surface area contributed by atoms with Crippen molar-refractivity contribution in [2.24, 2.45) is 0 Å². The molecule has 0 aliphatic heterocycles. The zero-order chi connectivity index (χ0) is 15.1. The van der Waals surface area contributed by atoms with Crippen LogP contribution in [0.1, 0.15) is 22.3 Å². The van der Waals surface area contributed by atoms with Crippen molar-refractivity contribution >= 4 is 21.7 Å². The lowest BCUT2D eigenvalue weighted by atomic mass is 10.0. The normalized spacial score (nSPS) is 10.2. The summed E-state index contributed by atoms with van der Waals surface area (Å²) in [5.74, 6) is 1.20. The minimum absolute atomic E-state index is 0.0269. The number of benzene rings is 2. The zero-order valence-corrected chi connectivity index (χ0v) is 13.4. The molecule has 0 heterocycles. The van der Waals surface area contributed by atoms with Gasteiger partial charge in [-0.25, -0.2) is 0 Å². The van der Waals surface area contributed by atoms with Gasteiger partial charge < -0.3 is 9.47 Å². The zero-order valence-electron chi connectivity index (χ0n) is 11.8. The molecular formula is C17H17BrO3. The highest BCUT2D eigenvalue weighted by atomic mass is 79.9. The van der Waals surface area contributed by atoms with E-state index in [4.69, 9.17) is 9.47 Å². The Bertz CT molecular complexity index is 596. The van der Waals surface area contributed by atoms with Gasteiger partial charge in [0, 0.05) is 16.5 Å². The first kappa shape index (κ1) is 15.6. The lowest BCUT2D eigenvalue weighted by molar-refractivity contribution is 0.103. The third-order valence-electron chi connectivity index (χ3n) is 3.00. The average molecular weight is 349 g/mol. The summed E-state index contributed by atoms with van der Waals surface area (Å²) in [6, 6.07) is 14.5. The van der Waals surface area contributed by atoms with Crippen LogP contribution in [0.15, 0.2) is 48.5 Å². The van der Waals surface area contributed by atoms with E-state index < -0.39 is 0 Å². The predicted octanol–water partition coefficient (Wildman–Crippen LogP) is 4.09. The Hall–Kier alpha value is -1.81. The molecule has 110 valence electrons. The summed E-state index contributed by atoms with van der Waals surface area (Å²) in [6.45, 7) is 0.605. The molecule has 0 aliphatic carbocycles. The van der Waals surface area contributed by atoms with Crippen LogP contribution < -0.4 is 9.47 Å². The maximum Gasteiger partial charge on any atom is 0.193 e. The van der Waals surface area contributed by atoms with E-state index in [9.17, 15) is 4.79 Å². The molecule has 2 aromatic rings. The Labute approximate surface area is 133 Å². The molecule has 0 radical (unpaired) electrons. The Balaban J connectivity index is 2.20. The highest BCUT2D eigenvalue weighted by Gasteiger charge is 2.12. The Kier molecular flexibility index (Phi) is 5.81. The smallest absolute Gasteiger partial charge is 0.193 e. The summed E-state index contributed by atoms with van der Waals surface area (Å²) in [7, 11) is 1.57. The molecule has 21 heavy (non-hydrogen) atoms. The van der Waals surface area contributed by atoms with Gasteiger partial charge in [-0.3, -0.25) is 4.79 Å². The third kappa shape index (κ3) is 4.08. The first-order chi connectivity index (χ1) is 10.3. The fourth-order valence-corrected chi connectivity index (χ4v) is 2.15. The van der Waals surface area contributed by atoms with Gasteiger partial charge in [0.05, 0.1) is 13.7 Å². The van der Waals surface area contributed by atoms with Crippen LogP contribution in [-0.2, 0) is 0 Å². The maximum atomic E-state index is 12.4. The lowest BCUT2D eigenvalue weighted by Crippen LogP contribution is -2.04. The maximum absolute atomic E-state index is 12.4. The van der Waals surface area contributed by atoms with Crippen LogP contribution in [0.2, 0.25) is 0 Å². The van der Waals surface area contributed by atoms with Crippen molar-refractivity contribution in [1.29, 1.82) is 0 Å². The van der Waals surface area contributed by atoms with Gasteiger partial charge in [-0.1, -0.05) is 46.3 Å². The molecule has 0 bridgehead atoms. The fourth-order valence-electron chi connectivity index (χ4n) is 1.92. The number of ketones is 1. The van der Waals surface area contributed by atoms with Crippen molar-refractivity contribution in [2.75, 3.05) is 19.0 Å². The average Bonchev–Trinajstić information content (AvgIpc) is 2.55. The molecule has 4 heteroatoms. The Morgan fingerprint density at radius 1 is 1.05 bits per heavy atom. The van der Waals surface area contributed by atoms with E-state index >= 15 is 0 Å². The number of alkyl halides is 1. The molecule has 0 spiro atoms. The number of ether oxygens (including phenoxy) is 2. The van der Waals surface area contributed by atoms with E-state index in [0.717, 1.165) is 11.8 Å². The molecule has 0 atom stereocenters. The summed E-state index contributed by atoms with van der Waals surface area (Å²) in [4.78, 5) is 12.4. The molecule has 3 nitrogen and oxygen atoms in total. The van der Waals surface area contributed by atoms with E-state index in [2.05, 4.69) is 15.9 Å². The van der Waals surface area contributed by atoms with E-state index in [0.29, 0.717) is 29.2 Å². The van der Waals surface area contributed by atoms with Crippen molar-refractivity contribution in [3.63, 3.8) is 0 Å². The first-order valence-electron chi connectivity index (χ1n) is 6.73. The number of hydrogen-bond donors (Lipinski definition) is 0. The van der Waals surface area contributed by atoms with Crippen LogP contribution in [0.25, 0.3) is 0 Å². The summed E-state index contributed by atoms with van der Waals surface area (Å²) >= 11 is 3.36. The second-order valence-corrected chi connectivity index (χ2v) is 5.24. The number of carbonyl (C=O) groups excluding carboxylic acids is 1. The number of halogens is 1. The molecular weight excluding hydrogens is 332 g/mol. The van der Waals surface area contributed by atoms with E-state index in [-0.39, 0.29) is 5.78 Å². The van der Waals surface area contributed by atoms with Crippen LogP contribution in [-0.4, -0.2) is 24.8 Å². The highest BCUT2D eigenvalue weighted by molar-refractivity contribution is 9.09. The van der Waals surface area contributed by atoms with Gasteiger partial charge >= 0.3 is 0 Å². The predicted molar refractivity (Wildman–Crippen MR) is 86.8 cm³/mol. The van der Waals surface area contributed by atoms with Gasteiger partial charge in [0.25, 0.3) is 0 Å². The molecule has 2 aromatic carbocycles. The van der Waals surface area contributed by atoms with Crippen LogP contribution in [0, 0.1) is 0 Å². The first-order valence-corrected chi connectivity index (χ1v) is 7.85. The highest BCUT2D eigenvalue weighted by Crippen LogP contribution is 2.29. The molecule has 0 unspecified atom stereocenters. The van der Waals surface area contributed by atoms with Crippen molar-refractivity contribution in [3.05, 3.63) is 59.7 Å². The molecule has 0 saturated heterocycles. The second-order valence-electron chi connectivity index (χ2n) is 4.45. The second kappa shape index (κ2) is 7.84. The molecule has 0 aliphatic rings. The largest absolute Gasteiger partial charge is 0.493 e. The van der Waals surface area contributed by atoms with Crippen molar-refractivity contribution in [1.82, 2.24) is 0 Å². The number of hydrogen-bond acceptors (Lipinski definition) is 3. The molecule has 0 saturated carbocycles. The van der Waals surface area contributed by atoms with Gasteiger partial charge in [-0.05, 0) is 24.6 Å². The van der Waals surface area contributed by atoms with Crippen molar-refractivity contribution < 1.29 is 14.3 Å². The van der Waals surface area contributed by atoms with E-state index in [1.54, 1.807) is 37.4 Å². The summed E-state index contributed by atoms with van der Waals surface area (Å²) < 4.78 is 11.0.